The first-order chi connectivity index (χ1) is 13.2. The highest BCUT2D eigenvalue weighted by atomic mass is 16.5. The zero-order valence-electron chi connectivity index (χ0n) is 15.0. The largest absolute Gasteiger partial charge is 0.494 e. The van der Waals surface area contributed by atoms with Crippen molar-refractivity contribution in [3.05, 3.63) is 76.1 Å². The maximum absolute atomic E-state index is 12.3. The average molecular weight is 364 g/mol. The predicted octanol–water partition coefficient (Wildman–Crippen LogP) is 3.74. The van der Waals surface area contributed by atoms with Crippen LogP contribution < -0.4 is 15.6 Å². The van der Waals surface area contributed by atoms with Crippen LogP contribution in [-0.2, 0) is 0 Å². The second-order valence-electron chi connectivity index (χ2n) is 5.94. The number of hydrazone groups is 1. The molecule has 138 valence electrons. The van der Waals surface area contributed by atoms with E-state index in [1.165, 1.54) is 12.5 Å². The highest BCUT2D eigenvalue weighted by molar-refractivity contribution is 5.95. The fourth-order valence-electron chi connectivity index (χ4n) is 2.44. The maximum atomic E-state index is 12.3. The van der Waals surface area contributed by atoms with Gasteiger partial charge in [-0.05, 0) is 42.8 Å². The quantitative estimate of drug-likeness (QED) is 0.393. The molecule has 27 heavy (non-hydrogen) atoms. The van der Waals surface area contributed by atoms with Crippen molar-refractivity contribution in [2.24, 2.45) is 5.10 Å². The topological polar surface area (TPSA) is 80.9 Å². The Balaban J connectivity index is 1.63. The van der Waals surface area contributed by atoms with Gasteiger partial charge in [0.05, 0.1) is 23.8 Å². The summed E-state index contributed by atoms with van der Waals surface area (Å²) in [7, 11) is 0. The summed E-state index contributed by atoms with van der Waals surface area (Å²) in [5, 5.41) is 4.32. The number of rotatable bonds is 7. The van der Waals surface area contributed by atoms with Crippen LogP contribution in [0.4, 0.5) is 0 Å². The van der Waals surface area contributed by atoms with Crippen molar-refractivity contribution in [2.45, 2.75) is 19.8 Å². The van der Waals surface area contributed by atoms with Crippen molar-refractivity contribution in [1.82, 2.24) is 5.43 Å². The van der Waals surface area contributed by atoms with Gasteiger partial charge in [-0.2, -0.15) is 5.10 Å². The third-order valence-corrected chi connectivity index (χ3v) is 3.96. The molecule has 0 aliphatic heterocycles. The van der Waals surface area contributed by atoms with Crippen LogP contribution in [0.2, 0.25) is 0 Å². The third kappa shape index (κ3) is 4.61. The Labute approximate surface area is 156 Å². The lowest BCUT2D eigenvalue weighted by molar-refractivity contribution is 0.0955. The molecule has 1 heterocycles. The molecule has 1 amide bonds. The Morgan fingerprint density at radius 2 is 1.96 bits per heavy atom. The van der Waals surface area contributed by atoms with Gasteiger partial charge in [-0.3, -0.25) is 9.59 Å². The molecule has 6 nitrogen and oxygen atoms in total. The van der Waals surface area contributed by atoms with Gasteiger partial charge in [0.1, 0.15) is 17.6 Å². The number of nitrogens with zero attached hydrogens (tertiary/aromatic N) is 1. The van der Waals surface area contributed by atoms with Crippen molar-refractivity contribution in [1.29, 1.82) is 0 Å². The normalized spacial score (nSPS) is 11.0. The molecule has 0 spiro atoms. The monoisotopic (exact) mass is 364 g/mol. The lowest BCUT2D eigenvalue weighted by Gasteiger charge is -2.06. The minimum Gasteiger partial charge on any atom is -0.494 e. The number of para-hydroxylation sites is 1. The molecule has 0 fully saturated rings. The molecule has 0 unspecified atom stereocenters. The van der Waals surface area contributed by atoms with E-state index in [4.69, 9.17) is 9.15 Å². The minimum atomic E-state index is -0.378. The molecule has 0 atom stereocenters. The SMILES string of the molecule is CCCCOc1ccc(C(=O)NN=Cc2coc3ccccc3c2=O)cc1. The summed E-state index contributed by atoms with van der Waals surface area (Å²) < 4.78 is 11.0. The molecule has 1 aromatic heterocycles. The van der Waals surface area contributed by atoms with E-state index in [1.54, 1.807) is 48.5 Å². The number of benzene rings is 2. The number of fused-ring (bicyclic) bond motifs is 1. The Morgan fingerprint density at radius 3 is 2.74 bits per heavy atom. The first-order valence-corrected chi connectivity index (χ1v) is 8.76. The lowest BCUT2D eigenvalue weighted by atomic mass is 10.2. The molecule has 0 bridgehead atoms. The van der Waals surface area contributed by atoms with Crippen molar-refractivity contribution < 1.29 is 13.9 Å². The first-order valence-electron chi connectivity index (χ1n) is 8.76. The number of hydrogen-bond donors (Lipinski definition) is 1. The summed E-state index contributed by atoms with van der Waals surface area (Å²) in [4.78, 5) is 24.5. The number of hydrogen-bond acceptors (Lipinski definition) is 5. The zero-order chi connectivity index (χ0) is 19.1. The summed E-state index contributed by atoms with van der Waals surface area (Å²) in [5.41, 5.74) is 3.41. The maximum Gasteiger partial charge on any atom is 0.271 e. The standard InChI is InChI=1S/C21H20N2O4/c1-2-3-12-26-17-10-8-15(9-11-17)21(25)23-22-13-16-14-27-19-7-5-4-6-18(19)20(16)24/h4-11,13-14H,2-3,12H2,1H3,(H,23,25). The van der Waals surface area contributed by atoms with Crippen LogP contribution in [0, 0.1) is 0 Å². The molecule has 1 N–H and O–H groups in total. The van der Waals surface area contributed by atoms with Crippen molar-refractivity contribution in [2.75, 3.05) is 6.61 Å². The molecule has 0 saturated carbocycles. The average Bonchev–Trinajstić information content (AvgIpc) is 2.70. The van der Waals surface area contributed by atoms with E-state index in [0.29, 0.717) is 23.1 Å². The summed E-state index contributed by atoms with van der Waals surface area (Å²) in [6.07, 6.45) is 4.65. The second kappa shape index (κ2) is 8.80. The molecule has 6 heteroatoms. The number of nitrogens with one attached hydrogen (secondary N) is 1. The number of amides is 1. The Hall–Kier alpha value is -3.41. The van der Waals surface area contributed by atoms with E-state index in [1.807, 2.05) is 0 Å². The molecule has 0 aliphatic rings. The van der Waals surface area contributed by atoms with E-state index in [-0.39, 0.29) is 16.9 Å². The van der Waals surface area contributed by atoms with Crippen LogP contribution in [0.5, 0.6) is 5.75 Å². The van der Waals surface area contributed by atoms with Crippen LogP contribution in [0.15, 0.2) is 69.1 Å². The molecular weight excluding hydrogens is 344 g/mol. The van der Waals surface area contributed by atoms with E-state index < -0.39 is 0 Å². The van der Waals surface area contributed by atoms with Crippen LogP contribution in [0.3, 0.4) is 0 Å². The van der Waals surface area contributed by atoms with Crippen LogP contribution in [0.25, 0.3) is 11.0 Å². The molecular formula is C21H20N2O4. The molecule has 0 saturated heterocycles. The van der Waals surface area contributed by atoms with E-state index in [9.17, 15) is 9.59 Å². The fourth-order valence-corrected chi connectivity index (χ4v) is 2.44. The van der Waals surface area contributed by atoms with E-state index in [0.717, 1.165) is 18.6 Å². The van der Waals surface area contributed by atoms with E-state index >= 15 is 0 Å². The Bertz CT molecular complexity index is 1010. The molecule has 0 radical (unpaired) electrons. The van der Waals surface area contributed by atoms with Gasteiger partial charge in [-0.25, -0.2) is 5.43 Å². The fraction of sp³-hybridized carbons (Fsp3) is 0.190. The van der Waals surface area contributed by atoms with Gasteiger partial charge in [0, 0.05) is 5.56 Å². The number of carbonyl (C=O) groups excluding carboxylic acids is 1. The van der Waals surface area contributed by atoms with Gasteiger partial charge >= 0.3 is 0 Å². The molecule has 0 aliphatic carbocycles. The van der Waals surface area contributed by atoms with Crippen molar-refractivity contribution >= 4 is 23.1 Å². The van der Waals surface area contributed by atoms with Gasteiger partial charge in [0.2, 0.25) is 5.43 Å². The second-order valence-corrected chi connectivity index (χ2v) is 5.94. The molecule has 3 rings (SSSR count). The number of carbonyl (C=O) groups is 1. The highest BCUT2D eigenvalue weighted by Crippen LogP contribution is 2.13. The van der Waals surface area contributed by atoms with Crippen molar-refractivity contribution in [3.8, 4) is 5.75 Å². The van der Waals surface area contributed by atoms with Gasteiger partial charge in [0.25, 0.3) is 5.91 Å². The summed E-state index contributed by atoms with van der Waals surface area (Å²) in [5.74, 6) is 0.341. The van der Waals surface area contributed by atoms with Crippen molar-refractivity contribution in [3.63, 3.8) is 0 Å². The Kier molecular flexibility index (Phi) is 5.99. The third-order valence-electron chi connectivity index (χ3n) is 3.96. The van der Waals surface area contributed by atoms with E-state index in [2.05, 4.69) is 17.5 Å². The van der Waals surface area contributed by atoms with Gasteiger partial charge in [-0.15, -0.1) is 0 Å². The molecule has 2 aromatic carbocycles. The number of ether oxygens (including phenoxy) is 1. The summed E-state index contributed by atoms with van der Waals surface area (Å²) in [6.45, 7) is 2.75. The summed E-state index contributed by atoms with van der Waals surface area (Å²) >= 11 is 0. The van der Waals surface area contributed by atoms with Gasteiger partial charge in [0.15, 0.2) is 0 Å². The van der Waals surface area contributed by atoms with Crippen LogP contribution in [-0.4, -0.2) is 18.7 Å². The van der Waals surface area contributed by atoms with Crippen LogP contribution >= 0.6 is 0 Å². The van der Waals surface area contributed by atoms with Gasteiger partial charge < -0.3 is 9.15 Å². The predicted molar refractivity (Wildman–Crippen MR) is 104 cm³/mol. The van der Waals surface area contributed by atoms with Gasteiger partial charge in [-0.1, -0.05) is 25.5 Å². The minimum absolute atomic E-state index is 0.205. The summed E-state index contributed by atoms with van der Waals surface area (Å²) in [6, 6.07) is 13.8. The molecule has 3 aromatic rings. The lowest BCUT2D eigenvalue weighted by Crippen LogP contribution is -2.18. The Morgan fingerprint density at radius 1 is 1.19 bits per heavy atom. The smallest absolute Gasteiger partial charge is 0.271 e. The zero-order valence-corrected chi connectivity index (χ0v) is 15.0. The highest BCUT2D eigenvalue weighted by Gasteiger charge is 2.06. The number of unbranched alkanes of at least 4 members (excludes halogenated alkanes) is 1. The van der Waals surface area contributed by atoms with Crippen LogP contribution in [0.1, 0.15) is 35.7 Å². The first kappa shape index (κ1) is 18.4.